The monoisotopic (exact) mass is 237 g/mol. The molecule has 0 fully saturated rings. The molecular weight excluding hydrogens is 214 g/mol. The zero-order chi connectivity index (χ0) is 13.1. The first-order chi connectivity index (χ1) is 7.92. The summed E-state index contributed by atoms with van der Waals surface area (Å²) in [4.78, 5) is 0. The van der Waals surface area contributed by atoms with Crippen molar-refractivity contribution in [1.82, 2.24) is 0 Å². The molecule has 3 heteroatoms. The number of methoxy groups -OCH3 is 1. The summed E-state index contributed by atoms with van der Waals surface area (Å²) in [5.74, 6) is 0.857. The van der Waals surface area contributed by atoms with Gasteiger partial charge >= 0.3 is 0 Å². The van der Waals surface area contributed by atoms with Gasteiger partial charge in [-0.3, -0.25) is 0 Å². The van der Waals surface area contributed by atoms with Gasteiger partial charge < -0.3 is 15.6 Å². The van der Waals surface area contributed by atoms with Crippen molar-refractivity contribution in [3.05, 3.63) is 29.3 Å². The van der Waals surface area contributed by atoms with E-state index in [0.717, 1.165) is 11.3 Å². The molecule has 2 unspecified atom stereocenters. The summed E-state index contributed by atoms with van der Waals surface area (Å²) in [6, 6.07) is 6.07. The molecule has 0 heterocycles. The van der Waals surface area contributed by atoms with Gasteiger partial charge in [0.15, 0.2) is 0 Å². The van der Waals surface area contributed by atoms with E-state index in [1.165, 1.54) is 5.56 Å². The third-order valence-corrected chi connectivity index (χ3v) is 3.51. The van der Waals surface area contributed by atoms with Crippen LogP contribution in [0.4, 0.5) is 0 Å². The number of ether oxygens (including phenoxy) is 1. The van der Waals surface area contributed by atoms with E-state index in [-0.39, 0.29) is 5.41 Å². The Kier molecular flexibility index (Phi) is 4.54. The lowest BCUT2D eigenvalue weighted by Gasteiger charge is -2.31. The van der Waals surface area contributed by atoms with Gasteiger partial charge in [0, 0.05) is 12.0 Å². The molecule has 0 aliphatic heterocycles. The van der Waals surface area contributed by atoms with Crippen LogP contribution >= 0.6 is 0 Å². The average Bonchev–Trinajstić information content (AvgIpc) is 2.29. The quantitative estimate of drug-likeness (QED) is 0.822. The van der Waals surface area contributed by atoms with Gasteiger partial charge in [-0.2, -0.15) is 0 Å². The molecule has 1 rings (SSSR count). The van der Waals surface area contributed by atoms with Gasteiger partial charge in [-0.25, -0.2) is 0 Å². The summed E-state index contributed by atoms with van der Waals surface area (Å²) >= 11 is 0. The van der Waals surface area contributed by atoms with Crippen molar-refractivity contribution in [2.75, 3.05) is 13.7 Å². The van der Waals surface area contributed by atoms with Crippen molar-refractivity contribution in [2.24, 2.45) is 11.1 Å². The zero-order valence-electron chi connectivity index (χ0n) is 11.2. The third-order valence-electron chi connectivity index (χ3n) is 3.51. The molecule has 0 spiro atoms. The Labute approximate surface area is 104 Å². The van der Waals surface area contributed by atoms with Crippen molar-refractivity contribution in [2.45, 2.75) is 33.3 Å². The van der Waals surface area contributed by atoms with Gasteiger partial charge in [0.05, 0.1) is 13.2 Å². The molecule has 0 radical (unpaired) electrons. The molecule has 96 valence electrons. The highest BCUT2D eigenvalue weighted by Gasteiger charge is 2.29. The lowest BCUT2D eigenvalue weighted by molar-refractivity contribution is 0.0584. The Balaban J connectivity index is 3.04. The number of rotatable bonds is 5. The number of benzene rings is 1. The van der Waals surface area contributed by atoms with Crippen molar-refractivity contribution in [3.63, 3.8) is 0 Å². The van der Waals surface area contributed by atoms with E-state index in [9.17, 15) is 5.11 Å². The van der Waals surface area contributed by atoms with Crippen LogP contribution in [0.1, 0.15) is 25.0 Å². The van der Waals surface area contributed by atoms with Gasteiger partial charge in [-0.1, -0.05) is 24.6 Å². The minimum absolute atomic E-state index is 0.318. The molecule has 0 saturated carbocycles. The summed E-state index contributed by atoms with van der Waals surface area (Å²) in [5, 5.41) is 9.84. The molecule has 0 amide bonds. The van der Waals surface area contributed by atoms with Crippen molar-refractivity contribution in [3.8, 4) is 5.75 Å². The van der Waals surface area contributed by atoms with Crippen LogP contribution in [0.25, 0.3) is 0 Å². The molecular formula is C14H23NO2. The summed E-state index contributed by atoms with van der Waals surface area (Å²) in [6.45, 7) is 6.28. The summed E-state index contributed by atoms with van der Waals surface area (Å²) in [5.41, 5.74) is 7.75. The average molecular weight is 237 g/mol. The van der Waals surface area contributed by atoms with Crippen LogP contribution < -0.4 is 10.5 Å². The number of aliphatic hydroxyl groups is 1. The molecule has 0 bridgehead atoms. The van der Waals surface area contributed by atoms with Crippen molar-refractivity contribution >= 4 is 0 Å². The minimum Gasteiger partial charge on any atom is -0.496 e. The first kappa shape index (κ1) is 14.0. The third kappa shape index (κ3) is 3.20. The van der Waals surface area contributed by atoms with Gasteiger partial charge in [0.2, 0.25) is 0 Å². The Morgan fingerprint density at radius 3 is 2.59 bits per heavy atom. The molecule has 3 nitrogen and oxygen atoms in total. The van der Waals surface area contributed by atoms with Gasteiger partial charge in [0.1, 0.15) is 5.75 Å². The molecule has 0 saturated heterocycles. The predicted octanol–water partition coefficient (Wildman–Crippen LogP) is 1.89. The minimum atomic E-state index is -0.447. The number of aryl methyl sites for hydroxylation is 1. The smallest absolute Gasteiger partial charge is 0.122 e. The van der Waals surface area contributed by atoms with E-state index in [1.807, 2.05) is 26.0 Å². The Bertz CT molecular complexity index is 376. The fourth-order valence-corrected chi connectivity index (χ4v) is 1.87. The SMILES string of the molecule is COc1ccc(C)cc1CC(C)(CN)C(C)O. The first-order valence-corrected chi connectivity index (χ1v) is 5.94. The second-order valence-corrected chi connectivity index (χ2v) is 5.03. The van der Waals surface area contributed by atoms with Crippen LogP contribution in [0.3, 0.4) is 0 Å². The topological polar surface area (TPSA) is 55.5 Å². The standard InChI is InChI=1S/C14H23NO2/c1-10-5-6-13(17-4)12(7-10)8-14(3,9-15)11(2)16/h5-7,11,16H,8-9,15H2,1-4H3. The number of hydrogen-bond donors (Lipinski definition) is 2. The molecule has 17 heavy (non-hydrogen) atoms. The van der Waals surface area contributed by atoms with Gasteiger partial charge in [-0.05, 0) is 31.9 Å². The molecule has 0 aliphatic carbocycles. The van der Waals surface area contributed by atoms with Crippen molar-refractivity contribution in [1.29, 1.82) is 0 Å². The van der Waals surface area contributed by atoms with E-state index in [2.05, 4.69) is 6.07 Å². The van der Waals surface area contributed by atoms with Crippen LogP contribution in [-0.2, 0) is 6.42 Å². The normalized spacial score (nSPS) is 16.4. The zero-order valence-corrected chi connectivity index (χ0v) is 11.2. The Morgan fingerprint density at radius 2 is 2.12 bits per heavy atom. The van der Waals surface area contributed by atoms with E-state index in [4.69, 9.17) is 10.5 Å². The maximum absolute atomic E-state index is 9.84. The van der Waals surface area contributed by atoms with Crippen LogP contribution in [0, 0.1) is 12.3 Å². The lowest BCUT2D eigenvalue weighted by atomic mass is 9.79. The molecule has 3 N–H and O–H groups in total. The van der Waals surface area contributed by atoms with Crippen LogP contribution in [0.2, 0.25) is 0 Å². The highest BCUT2D eigenvalue weighted by atomic mass is 16.5. The Hall–Kier alpha value is -1.06. The maximum Gasteiger partial charge on any atom is 0.122 e. The van der Waals surface area contributed by atoms with E-state index < -0.39 is 6.10 Å². The van der Waals surface area contributed by atoms with Crippen LogP contribution in [-0.4, -0.2) is 24.9 Å². The highest BCUT2D eigenvalue weighted by Crippen LogP contribution is 2.30. The molecule has 2 atom stereocenters. The molecule has 1 aromatic rings. The molecule has 0 aromatic heterocycles. The second-order valence-electron chi connectivity index (χ2n) is 5.03. The van der Waals surface area contributed by atoms with E-state index in [1.54, 1.807) is 14.0 Å². The fourth-order valence-electron chi connectivity index (χ4n) is 1.87. The molecule has 1 aromatic carbocycles. The summed E-state index contributed by atoms with van der Waals surface area (Å²) < 4.78 is 5.35. The molecule has 0 aliphatic rings. The lowest BCUT2D eigenvalue weighted by Crippen LogP contribution is -2.39. The highest BCUT2D eigenvalue weighted by molar-refractivity contribution is 5.37. The summed E-state index contributed by atoms with van der Waals surface area (Å²) in [7, 11) is 1.66. The Morgan fingerprint density at radius 1 is 1.47 bits per heavy atom. The van der Waals surface area contributed by atoms with E-state index in [0.29, 0.717) is 13.0 Å². The number of hydrogen-bond acceptors (Lipinski definition) is 3. The number of aliphatic hydroxyl groups excluding tert-OH is 1. The van der Waals surface area contributed by atoms with Crippen LogP contribution in [0.5, 0.6) is 5.75 Å². The second kappa shape index (κ2) is 5.52. The first-order valence-electron chi connectivity index (χ1n) is 5.94. The number of nitrogens with two attached hydrogens (primary N) is 1. The summed E-state index contributed by atoms with van der Waals surface area (Å²) in [6.07, 6.45) is 0.268. The maximum atomic E-state index is 9.84. The largest absolute Gasteiger partial charge is 0.496 e. The van der Waals surface area contributed by atoms with Crippen LogP contribution in [0.15, 0.2) is 18.2 Å². The van der Waals surface area contributed by atoms with Crippen molar-refractivity contribution < 1.29 is 9.84 Å². The van der Waals surface area contributed by atoms with Gasteiger partial charge in [-0.15, -0.1) is 0 Å². The fraction of sp³-hybridized carbons (Fsp3) is 0.571. The predicted molar refractivity (Wildman–Crippen MR) is 70.3 cm³/mol. The van der Waals surface area contributed by atoms with Gasteiger partial charge in [0.25, 0.3) is 0 Å². The van der Waals surface area contributed by atoms with E-state index >= 15 is 0 Å².